The Kier molecular flexibility index (Phi) is 3.65. The Morgan fingerprint density at radius 2 is 2.00 bits per heavy atom. The van der Waals surface area contributed by atoms with Crippen molar-refractivity contribution < 1.29 is 22.3 Å². The summed E-state index contributed by atoms with van der Waals surface area (Å²) in [4.78, 5) is -0.678. The summed E-state index contributed by atoms with van der Waals surface area (Å²) in [6.45, 7) is -0.463. The van der Waals surface area contributed by atoms with E-state index in [1.165, 1.54) is 0 Å². The van der Waals surface area contributed by atoms with Crippen LogP contribution in [-0.4, -0.2) is 37.0 Å². The second-order valence-corrected chi connectivity index (χ2v) is 5.98. The predicted octanol–water partition coefficient (Wildman–Crippen LogP) is 1.11. The highest BCUT2D eigenvalue weighted by Crippen LogP contribution is 2.32. The molecule has 0 radical (unpaired) electrons. The molecule has 1 aromatic rings. The van der Waals surface area contributed by atoms with Crippen molar-refractivity contribution in [1.82, 2.24) is 4.31 Å². The van der Waals surface area contributed by atoms with Crippen molar-refractivity contribution in [2.45, 2.75) is 23.8 Å². The third-order valence-corrected chi connectivity index (χ3v) is 4.75. The molecule has 0 saturated heterocycles. The average molecular weight is 277 g/mol. The van der Waals surface area contributed by atoms with E-state index >= 15 is 0 Å². The average Bonchev–Trinajstić information content (AvgIpc) is 3.13. The van der Waals surface area contributed by atoms with Gasteiger partial charge in [-0.1, -0.05) is 6.07 Å². The fourth-order valence-corrected chi connectivity index (χ4v) is 3.52. The van der Waals surface area contributed by atoms with E-state index in [-0.39, 0.29) is 19.2 Å². The summed E-state index contributed by atoms with van der Waals surface area (Å²) in [5.74, 6) is -2.57. The Bertz CT molecular complexity index is 543. The fraction of sp³-hybridized carbons (Fsp3) is 0.455. The molecule has 0 heterocycles. The summed E-state index contributed by atoms with van der Waals surface area (Å²) < 4.78 is 52.0. The summed E-state index contributed by atoms with van der Waals surface area (Å²) in [5, 5.41) is 8.87. The highest BCUT2D eigenvalue weighted by atomic mass is 32.2. The molecule has 0 aromatic heterocycles. The molecule has 1 fully saturated rings. The largest absolute Gasteiger partial charge is 0.395 e. The van der Waals surface area contributed by atoms with Crippen molar-refractivity contribution in [3.63, 3.8) is 0 Å². The molecule has 0 atom stereocenters. The quantitative estimate of drug-likeness (QED) is 0.877. The van der Waals surface area contributed by atoms with Crippen LogP contribution in [-0.2, 0) is 10.0 Å². The number of aliphatic hydroxyl groups is 1. The molecule has 7 heteroatoms. The van der Waals surface area contributed by atoms with Crippen LogP contribution in [0, 0.1) is 11.6 Å². The third kappa shape index (κ3) is 2.38. The summed E-state index contributed by atoms with van der Waals surface area (Å²) in [6, 6.07) is 2.82. The Hall–Kier alpha value is -1.05. The van der Waals surface area contributed by atoms with Crippen molar-refractivity contribution in [2.24, 2.45) is 0 Å². The Morgan fingerprint density at radius 3 is 2.56 bits per heavy atom. The van der Waals surface area contributed by atoms with Gasteiger partial charge in [0, 0.05) is 12.6 Å². The highest BCUT2D eigenvalue weighted by molar-refractivity contribution is 7.89. The smallest absolute Gasteiger partial charge is 0.246 e. The Labute approximate surface area is 104 Å². The molecule has 0 amide bonds. The van der Waals surface area contributed by atoms with Gasteiger partial charge in [0.15, 0.2) is 11.6 Å². The maximum absolute atomic E-state index is 13.5. The second kappa shape index (κ2) is 4.91. The van der Waals surface area contributed by atoms with Gasteiger partial charge in [-0.05, 0) is 25.0 Å². The van der Waals surface area contributed by atoms with Gasteiger partial charge in [-0.2, -0.15) is 4.31 Å². The first-order valence-corrected chi connectivity index (χ1v) is 6.99. The van der Waals surface area contributed by atoms with Crippen molar-refractivity contribution in [1.29, 1.82) is 0 Å². The van der Waals surface area contributed by atoms with E-state index in [0.717, 1.165) is 22.5 Å². The van der Waals surface area contributed by atoms with Crippen molar-refractivity contribution >= 4 is 10.0 Å². The van der Waals surface area contributed by atoms with E-state index in [2.05, 4.69) is 0 Å². The first-order chi connectivity index (χ1) is 8.48. The van der Waals surface area contributed by atoms with E-state index in [9.17, 15) is 17.2 Å². The molecule has 1 aliphatic rings. The number of hydrogen-bond acceptors (Lipinski definition) is 3. The molecule has 1 aromatic carbocycles. The number of nitrogens with zero attached hydrogens (tertiary/aromatic N) is 1. The van der Waals surface area contributed by atoms with Crippen LogP contribution in [0.1, 0.15) is 12.8 Å². The summed E-state index contributed by atoms with van der Waals surface area (Å²) >= 11 is 0. The number of sulfonamides is 1. The summed E-state index contributed by atoms with van der Waals surface area (Å²) in [5.41, 5.74) is 0. The van der Waals surface area contributed by atoms with Crippen molar-refractivity contribution in [2.75, 3.05) is 13.2 Å². The van der Waals surface area contributed by atoms with E-state index < -0.39 is 26.6 Å². The molecule has 4 nitrogen and oxygen atoms in total. The predicted molar refractivity (Wildman–Crippen MR) is 60.4 cm³/mol. The van der Waals surface area contributed by atoms with Gasteiger partial charge in [-0.15, -0.1) is 0 Å². The molecule has 18 heavy (non-hydrogen) atoms. The van der Waals surface area contributed by atoms with Crippen molar-refractivity contribution in [3.8, 4) is 0 Å². The lowest BCUT2D eigenvalue weighted by atomic mass is 10.3. The van der Waals surface area contributed by atoms with Crippen LogP contribution < -0.4 is 0 Å². The molecule has 0 bridgehead atoms. The molecule has 100 valence electrons. The first kappa shape index (κ1) is 13.4. The lowest BCUT2D eigenvalue weighted by Gasteiger charge is -2.21. The zero-order valence-corrected chi connectivity index (χ0v) is 10.3. The second-order valence-electron chi connectivity index (χ2n) is 4.12. The van der Waals surface area contributed by atoms with Gasteiger partial charge in [0.25, 0.3) is 0 Å². The number of halogens is 2. The molecule has 1 N–H and O–H groups in total. The molecule has 2 rings (SSSR count). The summed E-state index contributed by atoms with van der Waals surface area (Å²) in [7, 11) is -4.09. The number of rotatable bonds is 5. The Morgan fingerprint density at radius 1 is 1.33 bits per heavy atom. The molecule has 0 spiro atoms. The van der Waals surface area contributed by atoms with Crippen LogP contribution in [0.5, 0.6) is 0 Å². The number of hydrogen-bond donors (Lipinski definition) is 1. The zero-order valence-electron chi connectivity index (χ0n) is 9.51. The molecule has 1 aliphatic carbocycles. The molecule has 0 unspecified atom stereocenters. The van der Waals surface area contributed by atoms with E-state index in [4.69, 9.17) is 5.11 Å². The minimum Gasteiger partial charge on any atom is -0.395 e. The first-order valence-electron chi connectivity index (χ1n) is 5.55. The van der Waals surface area contributed by atoms with E-state index in [1.807, 2.05) is 0 Å². The van der Waals surface area contributed by atoms with Crippen molar-refractivity contribution in [3.05, 3.63) is 29.8 Å². The van der Waals surface area contributed by atoms with E-state index in [0.29, 0.717) is 12.8 Å². The van der Waals surface area contributed by atoms with Crippen LogP contribution in [0.2, 0.25) is 0 Å². The monoisotopic (exact) mass is 277 g/mol. The van der Waals surface area contributed by atoms with Crippen LogP contribution in [0.15, 0.2) is 23.1 Å². The lowest BCUT2D eigenvalue weighted by Crippen LogP contribution is -2.36. The number of aliphatic hydroxyl groups excluding tert-OH is 1. The van der Waals surface area contributed by atoms with Gasteiger partial charge in [0.1, 0.15) is 4.90 Å². The minimum absolute atomic E-state index is 0.108. The maximum atomic E-state index is 13.5. The third-order valence-electron chi connectivity index (χ3n) is 2.78. The fourth-order valence-electron chi connectivity index (χ4n) is 1.77. The summed E-state index contributed by atoms with van der Waals surface area (Å²) in [6.07, 6.45) is 1.35. The van der Waals surface area contributed by atoms with Gasteiger partial charge in [-0.25, -0.2) is 17.2 Å². The van der Waals surface area contributed by atoms with Gasteiger partial charge in [0.05, 0.1) is 6.61 Å². The van der Waals surface area contributed by atoms with Gasteiger partial charge < -0.3 is 5.11 Å². The van der Waals surface area contributed by atoms with Crippen LogP contribution in [0.25, 0.3) is 0 Å². The van der Waals surface area contributed by atoms with Gasteiger partial charge in [0.2, 0.25) is 10.0 Å². The highest BCUT2D eigenvalue weighted by Gasteiger charge is 2.39. The SMILES string of the molecule is O=S(=O)(c1cccc(F)c1F)N(CCO)C1CC1. The standard InChI is InChI=1S/C11H13F2NO3S/c12-9-2-1-3-10(11(9)13)18(16,17)14(6-7-15)8-4-5-8/h1-3,8,15H,4-7H2. The van der Waals surface area contributed by atoms with Crippen LogP contribution >= 0.6 is 0 Å². The molecule has 0 aliphatic heterocycles. The van der Waals surface area contributed by atoms with Gasteiger partial charge in [-0.3, -0.25) is 0 Å². The Balaban J connectivity index is 2.43. The lowest BCUT2D eigenvalue weighted by molar-refractivity contribution is 0.250. The molecular formula is C11H13F2NO3S. The van der Waals surface area contributed by atoms with Crippen LogP contribution in [0.3, 0.4) is 0 Å². The molecule has 1 saturated carbocycles. The topological polar surface area (TPSA) is 57.6 Å². The minimum atomic E-state index is -4.09. The maximum Gasteiger partial charge on any atom is 0.246 e. The zero-order chi connectivity index (χ0) is 13.3. The number of benzene rings is 1. The normalized spacial score (nSPS) is 16.2. The molecular weight excluding hydrogens is 264 g/mol. The van der Waals surface area contributed by atoms with Gasteiger partial charge >= 0.3 is 0 Å². The van der Waals surface area contributed by atoms with Crippen LogP contribution in [0.4, 0.5) is 8.78 Å². The van der Waals surface area contributed by atoms with E-state index in [1.54, 1.807) is 0 Å².